The van der Waals surface area contributed by atoms with E-state index in [2.05, 4.69) is 5.32 Å². The second-order valence-corrected chi connectivity index (χ2v) is 3.12. The van der Waals surface area contributed by atoms with Gasteiger partial charge in [-0.3, -0.25) is 4.79 Å². The van der Waals surface area contributed by atoms with Crippen LogP contribution in [0, 0.1) is 0 Å². The van der Waals surface area contributed by atoms with E-state index in [4.69, 9.17) is 9.84 Å². The van der Waals surface area contributed by atoms with Crippen molar-refractivity contribution in [2.45, 2.75) is 19.4 Å². The van der Waals surface area contributed by atoms with Crippen LogP contribution in [-0.2, 0) is 4.79 Å². The molecule has 0 aromatic heterocycles. The normalized spacial score (nSPS) is 11.9. The van der Waals surface area contributed by atoms with Crippen LogP contribution in [0.4, 0.5) is 0 Å². The lowest BCUT2D eigenvalue weighted by atomic mass is 10.2. The molecule has 0 fully saturated rings. The molecule has 15 heavy (non-hydrogen) atoms. The summed E-state index contributed by atoms with van der Waals surface area (Å²) in [5, 5.41) is 11.6. The standard InChI is InChI=1S/C11H15NO3/c1-3-10(11(14)12-2)15-9-6-4-8(13)5-7-9/h4-7,10,13H,3H2,1-2H3,(H,12,14)/t10-/m0/s1. The van der Waals surface area contributed by atoms with Gasteiger partial charge in [0, 0.05) is 7.05 Å². The van der Waals surface area contributed by atoms with Gasteiger partial charge in [0.15, 0.2) is 6.10 Å². The molecule has 1 aromatic carbocycles. The van der Waals surface area contributed by atoms with Crippen molar-refractivity contribution in [3.05, 3.63) is 24.3 Å². The van der Waals surface area contributed by atoms with Crippen molar-refractivity contribution >= 4 is 5.91 Å². The highest BCUT2D eigenvalue weighted by Crippen LogP contribution is 2.17. The Kier molecular flexibility index (Phi) is 3.97. The molecule has 1 atom stereocenters. The Labute approximate surface area is 88.9 Å². The average Bonchev–Trinajstić information content (AvgIpc) is 2.27. The molecule has 0 heterocycles. The fraction of sp³-hybridized carbons (Fsp3) is 0.364. The summed E-state index contributed by atoms with van der Waals surface area (Å²) in [5.41, 5.74) is 0. The Bertz CT molecular complexity index is 321. The van der Waals surface area contributed by atoms with E-state index in [-0.39, 0.29) is 11.7 Å². The Morgan fingerprint density at radius 1 is 1.47 bits per heavy atom. The zero-order chi connectivity index (χ0) is 11.3. The Morgan fingerprint density at radius 3 is 2.53 bits per heavy atom. The molecule has 0 aliphatic rings. The van der Waals surface area contributed by atoms with E-state index < -0.39 is 6.10 Å². The largest absolute Gasteiger partial charge is 0.508 e. The van der Waals surface area contributed by atoms with Crippen LogP contribution in [0.15, 0.2) is 24.3 Å². The first-order valence-electron chi connectivity index (χ1n) is 4.84. The number of phenols is 1. The van der Waals surface area contributed by atoms with Gasteiger partial charge in [-0.25, -0.2) is 0 Å². The summed E-state index contributed by atoms with van der Waals surface area (Å²) in [7, 11) is 1.57. The lowest BCUT2D eigenvalue weighted by Crippen LogP contribution is -2.35. The van der Waals surface area contributed by atoms with Crippen LogP contribution in [-0.4, -0.2) is 24.2 Å². The van der Waals surface area contributed by atoms with Gasteiger partial charge in [0.2, 0.25) is 0 Å². The molecule has 1 amide bonds. The molecule has 0 spiro atoms. The maximum Gasteiger partial charge on any atom is 0.260 e. The number of carbonyl (C=O) groups excluding carboxylic acids is 1. The number of benzene rings is 1. The van der Waals surface area contributed by atoms with E-state index in [0.29, 0.717) is 12.2 Å². The van der Waals surface area contributed by atoms with Crippen molar-refractivity contribution in [3.63, 3.8) is 0 Å². The topological polar surface area (TPSA) is 58.6 Å². The number of hydrogen-bond acceptors (Lipinski definition) is 3. The number of amides is 1. The van der Waals surface area contributed by atoms with Crippen LogP contribution in [0.25, 0.3) is 0 Å². The highest BCUT2D eigenvalue weighted by molar-refractivity contribution is 5.80. The zero-order valence-electron chi connectivity index (χ0n) is 8.86. The first-order chi connectivity index (χ1) is 7.17. The zero-order valence-corrected chi connectivity index (χ0v) is 8.86. The minimum Gasteiger partial charge on any atom is -0.508 e. The summed E-state index contributed by atoms with van der Waals surface area (Å²) in [6, 6.07) is 6.29. The summed E-state index contributed by atoms with van der Waals surface area (Å²) >= 11 is 0. The molecule has 2 N–H and O–H groups in total. The quantitative estimate of drug-likeness (QED) is 0.785. The van der Waals surface area contributed by atoms with Crippen LogP contribution >= 0.6 is 0 Å². The molecule has 1 rings (SSSR count). The second-order valence-electron chi connectivity index (χ2n) is 3.12. The number of ether oxygens (including phenoxy) is 1. The molecule has 0 saturated heterocycles. The molecule has 1 aromatic rings. The molecule has 0 bridgehead atoms. The van der Waals surface area contributed by atoms with Gasteiger partial charge in [-0.05, 0) is 30.7 Å². The van der Waals surface area contributed by atoms with Gasteiger partial charge in [0.1, 0.15) is 11.5 Å². The third-order valence-corrected chi connectivity index (χ3v) is 2.02. The average molecular weight is 209 g/mol. The molecule has 0 aliphatic heterocycles. The van der Waals surface area contributed by atoms with Gasteiger partial charge in [-0.1, -0.05) is 6.92 Å². The molecule has 0 saturated carbocycles. The van der Waals surface area contributed by atoms with Gasteiger partial charge < -0.3 is 15.2 Å². The smallest absolute Gasteiger partial charge is 0.260 e. The number of rotatable bonds is 4. The van der Waals surface area contributed by atoms with Gasteiger partial charge >= 0.3 is 0 Å². The second kappa shape index (κ2) is 5.24. The van der Waals surface area contributed by atoms with E-state index in [1.807, 2.05) is 6.92 Å². The van der Waals surface area contributed by atoms with Gasteiger partial charge in [-0.2, -0.15) is 0 Å². The molecule has 82 valence electrons. The van der Waals surface area contributed by atoms with Crippen molar-refractivity contribution in [2.24, 2.45) is 0 Å². The summed E-state index contributed by atoms with van der Waals surface area (Å²) in [4.78, 5) is 11.3. The van der Waals surface area contributed by atoms with Crippen LogP contribution in [0.3, 0.4) is 0 Å². The minimum absolute atomic E-state index is 0.148. The first kappa shape index (κ1) is 11.4. The van der Waals surface area contributed by atoms with E-state index in [1.165, 1.54) is 12.1 Å². The third kappa shape index (κ3) is 3.16. The first-order valence-corrected chi connectivity index (χ1v) is 4.84. The van der Waals surface area contributed by atoms with Crippen molar-refractivity contribution < 1.29 is 14.6 Å². The fourth-order valence-electron chi connectivity index (χ4n) is 1.17. The number of carbonyl (C=O) groups is 1. The molecule has 4 heteroatoms. The predicted octanol–water partition coefficient (Wildman–Crippen LogP) is 1.30. The number of likely N-dealkylation sites (N-methyl/N-ethyl adjacent to an activating group) is 1. The SMILES string of the molecule is CC[C@H](Oc1ccc(O)cc1)C(=O)NC. The fourth-order valence-corrected chi connectivity index (χ4v) is 1.17. The molecule has 0 aliphatic carbocycles. The predicted molar refractivity (Wildman–Crippen MR) is 56.9 cm³/mol. The Morgan fingerprint density at radius 2 is 2.07 bits per heavy atom. The van der Waals surface area contributed by atoms with Gasteiger partial charge in [0.25, 0.3) is 5.91 Å². The van der Waals surface area contributed by atoms with E-state index in [0.717, 1.165) is 0 Å². The van der Waals surface area contributed by atoms with Crippen LogP contribution in [0.5, 0.6) is 11.5 Å². The van der Waals surface area contributed by atoms with E-state index in [1.54, 1.807) is 19.2 Å². The van der Waals surface area contributed by atoms with Crippen molar-refractivity contribution in [1.82, 2.24) is 5.32 Å². The molecule has 0 radical (unpaired) electrons. The monoisotopic (exact) mass is 209 g/mol. The summed E-state index contributed by atoms with van der Waals surface area (Å²) in [6.45, 7) is 1.88. The van der Waals surface area contributed by atoms with Crippen molar-refractivity contribution in [2.75, 3.05) is 7.05 Å². The van der Waals surface area contributed by atoms with Crippen LogP contribution in [0.1, 0.15) is 13.3 Å². The molecular formula is C11H15NO3. The minimum atomic E-state index is -0.487. The number of nitrogens with one attached hydrogen (secondary N) is 1. The highest BCUT2D eigenvalue weighted by atomic mass is 16.5. The van der Waals surface area contributed by atoms with Gasteiger partial charge in [0.05, 0.1) is 0 Å². The maximum atomic E-state index is 11.3. The number of aromatic hydroxyl groups is 1. The summed E-state index contributed by atoms with van der Waals surface area (Å²) in [6.07, 6.45) is 0.111. The van der Waals surface area contributed by atoms with Gasteiger partial charge in [-0.15, -0.1) is 0 Å². The lowest BCUT2D eigenvalue weighted by Gasteiger charge is -2.15. The molecule has 4 nitrogen and oxygen atoms in total. The van der Waals surface area contributed by atoms with Crippen molar-refractivity contribution in [1.29, 1.82) is 0 Å². The molecular weight excluding hydrogens is 194 g/mol. The highest BCUT2D eigenvalue weighted by Gasteiger charge is 2.16. The Balaban J connectivity index is 2.66. The maximum absolute atomic E-state index is 11.3. The number of phenolic OH excluding ortho intramolecular Hbond substituents is 1. The third-order valence-electron chi connectivity index (χ3n) is 2.02. The van der Waals surface area contributed by atoms with Crippen LogP contribution in [0.2, 0.25) is 0 Å². The number of hydrogen-bond donors (Lipinski definition) is 2. The lowest BCUT2D eigenvalue weighted by molar-refractivity contribution is -0.127. The molecule has 0 unspecified atom stereocenters. The Hall–Kier alpha value is -1.71. The van der Waals surface area contributed by atoms with Crippen molar-refractivity contribution in [3.8, 4) is 11.5 Å². The van der Waals surface area contributed by atoms with Crippen LogP contribution < -0.4 is 10.1 Å². The summed E-state index contributed by atoms with van der Waals surface area (Å²) < 4.78 is 5.45. The summed E-state index contributed by atoms with van der Waals surface area (Å²) in [5.74, 6) is 0.601. The van der Waals surface area contributed by atoms with E-state index >= 15 is 0 Å². The van der Waals surface area contributed by atoms with E-state index in [9.17, 15) is 4.79 Å².